The molecule has 8 heteroatoms. The molecule has 1 aromatic carbocycles. The van der Waals surface area contributed by atoms with Gasteiger partial charge in [0.15, 0.2) is 5.69 Å². The van der Waals surface area contributed by atoms with E-state index in [1.165, 1.54) is 11.8 Å². The van der Waals surface area contributed by atoms with Gasteiger partial charge in [0.05, 0.1) is 25.8 Å². The average molecular weight is 340 g/mol. The molecule has 0 amide bonds. The van der Waals surface area contributed by atoms with E-state index in [2.05, 4.69) is 9.84 Å². The van der Waals surface area contributed by atoms with E-state index in [0.29, 0.717) is 30.6 Å². The predicted molar refractivity (Wildman–Crippen MR) is 77.9 cm³/mol. The van der Waals surface area contributed by atoms with Crippen LogP contribution in [0.4, 0.5) is 13.2 Å². The third kappa shape index (κ3) is 3.08. The van der Waals surface area contributed by atoms with Gasteiger partial charge in [-0.25, -0.2) is 9.48 Å². The Hall–Kier alpha value is -2.51. The highest BCUT2D eigenvalue weighted by molar-refractivity contribution is 5.89. The SMILES string of the molecule is COC(=O)c1ccc(Cn2nc(C(F)(F)F)c3c2OCCC3)cc1. The zero-order chi connectivity index (χ0) is 17.3. The summed E-state index contributed by atoms with van der Waals surface area (Å²) in [6.07, 6.45) is -3.67. The number of hydrogen-bond donors (Lipinski definition) is 0. The molecule has 0 radical (unpaired) electrons. The van der Waals surface area contributed by atoms with Crippen LogP contribution in [-0.4, -0.2) is 29.5 Å². The summed E-state index contributed by atoms with van der Waals surface area (Å²) in [4.78, 5) is 11.4. The van der Waals surface area contributed by atoms with Gasteiger partial charge in [-0.15, -0.1) is 0 Å². The summed E-state index contributed by atoms with van der Waals surface area (Å²) in [6, 6.07) is 6.41. The number of hydrogen-bond acceptors (Lipinski definition) is 4. The van der Waals surface area contributed by atoms with Crippen LogP contribution in [0.3, 0.4) is 0 Å². The second kappa shape index (κ2) is 6.18. The molecule has 2 aromatic rings. The van der Waals surface area contributed by atoms with E-state index in [9.17, 15) is 18.0 Å². The van der Waals surface area contributed by atoms with E-state index in [1.54, 1.807) is 24.3 Å². The normalized spacial score (nSPS) is 14.0. The molecule has 24 heavy (non-hydrogen) atoms. The standard InChI is InChI=1S/C16H15F3N2O3/c1-23-15(22)11-6-4-10(5-7-11)9-21-14-12(3-2-8-24-14)13(20-21)16(17,18)19/h4-7H,2-3,8-9H2,1H3. The number of fused-ring (bicyclic) bond motifs is 1. The molecule has 0 saturated carbocycles. The van der Waals surface area contributed by atoms with Crippen LogP contribution in [0.2, 0.25) is 0 Å². The van der Waals surface area contributed by atoms with Crippen molar-refractivity contribution < 1.29 is 27.4 Å². The predicted octanol–water partition coefficient (Wildman–Crippen LogP) is 3.06. The van der Waals surface area contributed by atoms with Crippen LogP contribution in [-0.2, 0) is 23.9 Å². The van der Waals surface area contributed by atoms with Gasteiger partial charge >= 0.3 is 12.1 Å². The Bertz CT molecular complexity index is 751. The van der Waals surface area contributed by atoms with Crippen molar-refractivity contribution >= 4 is 5.97 Å². The van der Waals surface area contributed by atoms with Crippen molar-refractivity contribution in [2.24, 2.45) is 0 Å². The van der Waals surface area contributed by atoms with E-state index in [-0.39, 0.29) is 18.0 Å². The van der Waals surface area contributed by atoms with E-state index >= 15 is 0 Å². The van der Waals surface area contributed by atoms with Crippen molar-refractivity contribution in [1.29, 1.82) is 0 Å². The number of esters is 1. The lowest BCUT2D eigenvalue weighted by atomic mass is 10.1. The molecular formula is C16H15F3N2O3. The summed E-state index contributed by atoms with van der Waals surface area (Å²) in [7, 11) is 1.28. The summed E-state index contributed by atoms with van der Waals surface area (Å²) in [5, 5.41) is 3.71. The largest absolute Gasteiger partial charge is 0.478 e. The molecule has 128 valence electrons. The third-order valence-corrected chi connectivity index (χ3v) is 3.78. The number of carbonyl (C=O) groups is 1. The average Bonchev–Trinajstić information content (AvgIpc) is 2.94. The van der Waals surface area contributed by atoms with Gasteiger partial charge in [0.1, 0.15) is 0 Å². The van der Waals surface area contributed by atoms with Crippen LogP contribution in [0.5, 0.6) is 5.88 Å². The molecule has 0 fully saturated rings. The monoisotopic (exact) mass is 340 g/mol. The number of aromatic nitrogens is 2. The molecule has 5 nitrogen and oxygen atoms in total. The van der Waals surface area contributed by atoms with Crippen LogP contribution in [0, 0.1) is 0 Å². The molecule has 1 aliphatic rings. The van der Waals surface area contributed by atoms with E-state index < -0.39 is 17.8 Å². The second-order valence-corrected chi connectivity index (χ2v) is 5.43. The molecule has 0 spiro atoms. The summed E-state index contributed by atoms with van der Waals surface area (Å²) in [5.41, 5.74) is 0.301. The van der Waals surface area contributed by atoms with Crippen LogP contribution >= 0.6 is 0 Å². The van der Waals surface area contributed by atoms with Crippen molar-refractivity contribution in [3.8, 4) is 5.88 Å². The Morgan fingerprint density at radius 1 is 1.33 bits per heavy atom. The number of methoxy groups -OCH3 is 1. The topological polar surface area (TPSA) is 53.4 Å². The van der Waals surface area contributed by atoms with Crippen LogP contribution in [0.25, 0.3) is 0 Å². The number of alkyl halides is 3. The first-order valence-corrected chi connectivity index (χ1v) is 7.37. The number of ether oxygens (including phenoxy) is 2. The van der Waals surface area contributed by atoms with Gasteiger partial charge in [-0.3, -0.25) is 0 Å². The molecule has 2 heterocycles. The van der Waals surface area contributed by atoms with Gasteiger partial charge in [-0.2, -0.15) is 18.3 Å². The Labute approximate surface area is 136 Å². The van der Waals surface area contributed by atoms with Crippen molar-refractivity contribution in [1.82, 2.24) is 9.78 Å². The third-order valence-electron chi connectivity index (χ3n) is 3.78. The molecular weight excluding hydrogens is 325 g/mol. The van der Waals surface area contributed by atoms with Crippen LogP contribution in [0.1, 0.15) is 33.6 Å². The lowest BCUT2D eigenvalue weighted by Crippen LogP contribution is -2.13. The fraction of sp³-hybridized carbons (Fsp3) is 0.375. The molecule has 0 saturated heterocycles. The van der Waals surface area contributed by atoms with Gasteiger partial charge in [0.25, 0.3) is 0 Å². The number of benzene rings is 1. The summed E-state index contributed by atoms with van der Waals surface area (Å²) in [5.74, 6) is -0.300. The first-order valence-electron chi connectivity index (χ1n) is 7.37. The number of rotatable bonds is 3. The summed E-state index contributed by atoms with van der Waals surface area (Å²) in [6.45, 7) is 0.497. The maximum absolute atomic E-state index is 13.1. The van der Waals surface area contributed by atoms with E-state index in [4.69, 9.17) is 4.74 Å². The van der Waals surface area contributed by atoms with Gasteiger partial charge < -0.3 is 9.47 Å². The molecule has 0 bridgehead atoms. The molecule has 1 aromatic heterocycles. The van der Waals surface area contributed by atoms with Gasteiger partial charge in [0.2, 0.25) is 5.88 Å². The Morgan fingerprint density at radius 2 is 2.04 bits per heavy atom. The van der Waals surface area contributed by atoms with E-state index in [1.807, 2.05) is 0 Å². The highest BCUT2D eigenvalue weighted by Crippen LogP contribution is 2.38. The maximum atomic E-state index is 13.1. The van der Waals surface area contributed by atoms with Crippen molar-refractivity contribution in [2.45, 2.75) is 25.6 Å². The summed E-state index contributed by atoms with van der Waals surface area (Å²) >= 11 is 0. The minimum Gasteiger partial charge on any atom is -0.478 e. The van der Waals surface area contributed by atoms with Gasteiger partial charge in [-0.05, 0) is 30.5 Å². The minimum atomic E-state index is -4.51. The Balaban J connectivity index is 1.90. The lowest BCUT2D eigenvalue weighted by molar-refractivity contribution is -0.142. The highest BCUT2D eigenvalue weighted by Gasteiger charge is 2.40. The quantitative estimate of drug-likeness (QED) is 0.806. The molecule has 3 rings (SSSR count). The van der Waals surface area contributed by atoms with Crippen LogP contribution in [0.15, 0.2) is 24.3 Å². The fourth-order valence-corrected chi connectivity index (χ4v) is 2.66. The first-order chi connectivity index (χ1) is 11.4. The molecule has 0 unspecified atom stereocenters. The van der Waals surface area contributed by atoms with Crippen molar-refractivity contribution in [3.05, 3.63) is 46.6 Å². The molecule has 0 aliphatic carbocycles. The van der Waals surface area contributed by atoms with Crippen molar-refractivity contribution in [2.75, 3.05) is 13.7 Å². The zero-order valence-corrected chi connectivity index (χ0v) is 12.9. The lowest BCUT2D eigenvalue weighted by Gasteiger charge is -2.16. The fourth-order valence-electron chi connectivity index (χ4n) is 2.66. The number of halogens is 3. The number of carbonyl (C=O) groups excluding carboxylic acids is 1. The van der Waals surface area contributed by atoms with Gasteiger partial charge in [0, 0.05) is 5.56 Å². The molecule has 0 atom stereocenters. The zero-order valence-electron chi connectivity index (χ0n) is 12.9. The first kappa shape index (κ1) is 16.4. The Morgan fingerprint density at radius 3 is 2.67 bits per heavy atom. The second-order valence-electron chi connectivity index (χ2n) is 5.43. The van der Waals surface area contributed by atoms with Crippen LogP contribution < -0.4 is 4.74 Å². The van der Waals surface area contributed by atoms with E-state index in [0.717, 1.165) is 0 Å². The van der Waals surface area contributed by atoms with Gasteiger partial charge in [-0.1, -0.05) is 12.1 Å². The molecule has 0 N–H and O–H groups in total. The minimum absolute atomic E-state index is 0.111. The summed E-state index contributed by atoms with van der Waals surface area (Å²) < 4.78 is 50.6. The molecule has 1 aliphatic heterocycles. The Kier molecular flexibility index (Phi) is 4.21. The maximum Gasteiger partial charge on any atom is 0.435 e. The smallest absolute Gasteiger partial charge is 0.435 e. The van der Waals surface area contributed by atoms with Crippen molar-refractivity contribution in [3.63, 3.8) is 0 Å². The highest BCUT2D eigenvalue weighted by atomic mass is 19.4. The number of nitrogens with zero attached hydrogens (tertiary/aromatic N) is 2.